The molecule has 0 fully saturated rings. The number of hydrogen-bond acceptors (Lipinski definition) is 8. The molecule has 30 heavy (non-hydrogen) atoms. The van der Waals surface area contributed by atoms with Gasteiger partial charge in [-0.05, 0) is 12.1 Å². The molecule has 0 spiro atoms. The Morgan fingerprint density at radius 3 is 2.63 bits per heavy atom. The number of nitrogens with zero attached hydrogens (tertiary/aromatic N) is 6. The van der Waals surface area contributed by atoms with Crippen molar-refractivity contribution in [1.29, 1.82) is 0 Å². The summed E-state index contributed by atoms with van der Waals surface area (Å²) in [6.07, 6.45) is 2.86. The lowest BCUT2D eigenvalue weighted by atomic mass is 10.2. The van der Waals surface area contributed by atoms with Crippen LogP contribution in [0.3, 0.4) is 0 Å². The van der Waals surface area contributed by atoms with Gasteiger partial charge in [-0.2, -0.15) is 0 Å². The number of rotatable bonds is 6. The molecule has 12 heteroatoms. The summed E-state index contributed by atoms with van der Waals surface area (Å²) < 4.78 is 20.1. The molecule has 0 amide bonds. The van der Waals surface area contributed by atoms with Crippen LogP contribution in [0.1, 0.15) is 5.69 Å². The highest BCUT2D eigenvalue weighted by atomic mass is 19.1. The van der Waals surface area contributed by atoms with Crippen LogP contribution in [0.25, 0.3) is 16.6 Å². The SMILES string of the molecule is O=[N+]([O-])c1cc2cccnc2cc1OCc1cn(-c2cc(F)ccc2[N+](=O)[O-])nn1. The van der Waals surface area contributed by atoms with Gasteiger partial charge in [0.25, 0.3) is 5.69 Å². The van der Waals surface area contributed by atoms with Crippen LogP contribution in [0.15, 0.2) is 54.9 Å². The van der Waals surface area contributed by atoms with Crippen molar-refractivity contribution in [3.05, 3.63) is 86.6 Å². The number of fused-ring (bicyclic) bond motifs is 1. The molecule has 0 atom stereocenters. The first kappa shape index (κ1) is 18.9. The highest BCUT2D eigenvalue weighted by molar-refractivity contribution is 5.83. The molecule has 4 rings (SSSR count). The average Bonchev–Trinajstić information content (AvgIpc) is 3.20. The molecule has 2 aromatic heterocycles. The van der Waals surface area contributed by atoms with Crippen LogP contribution >= 0.6 is 0 Å². The molecular formula is C18H11FN6O5. The first-order chi connectivity index (χ1) is 14.4. The zero-order valence-electron chi connectivity index (χ0n) is 15.0. The highest BCUT2D eigenvalue weighted by Gasteiger charge is 2.20. The van der Waals surface area contributed by atoms with E-state index in [9.17, 15) is 24.6 Å². The van der Waals surface area contributed by atoms with E-state index in [1.807, 2.05) is 0 Å². The van der Waals surface area contributed by atoms with E-state index < -0.39 is 15.7 Å². The predicted octanol–water partition coefficient (Wildman–Crippen LogP) is 3.35. The Morgan fingerprint density at radius 1 is 1.07 bits per heavy atom. The van der Waals surface area contributed by atoms with E-state index in [4.69, 9.17) is 4.74 Å². The van der Waals surface area contributed by atoms with Gasteiger partial charge in [0.1, 0.15) is 23.8 Å². The summed E-state index contributed by atoms with van der Waals surface area (Å²) in [6, 6.07) is 9.09. The number of halogens is 1. The standard InChI is InChI=1S/C18H11FN6O5/c19-12-3-4-15(24(26)27)16(7-12)23-9-13(21-22-23)10-30-18-8-14-11(2-1-5-20-14)6-17(18)25(28)29/h1-9H,10H2. The third kappa shape index (κ3) is 3.61. The lowest BCUT2D eigenvalue weighted by Crippen LogP contribution is -2.02. The molecule has 0 saturated heterocycles. The fourth-order valence-electron chi connectivity index (χ4n) is 2.82. The first-order valence-electron chi connectivity index (χ1n) is 8.44. The van der Waals surface area contributed by atoms with Gasteiger partial charge >= 0.3 is 5.69 Å². The monoisotopic (exact) mass is 410 g/mol. The van der Waals surface area contributed by atoms with Crippen molar-refractivity contribution in [2.45, 2.75) is 6.61 Å². The molecular weight excluding hydrogens is 399 g/mol. The third-order valence-electron chi connectivity index (χ3n) is 4.18. The van der Waals surface area contributed by atoms with Crippen molar-refractivity contribution in [2.24, 2.45) is 0 Å². The predicted molar refractivity (Wildman–Crippen MR) is 101 cm³/mol. The van der Waals surface area contributed by atoms with E-state index in [0.29, 0.717) is 10.9 Å². The molecule has 0 saturated carbocycles. The van der Waals surface area contributed by atoms with Crippen molar-refractivity contribution in [1.82, 2.24) is 20.0 Å². The number of nitro groups is 2. The quantitative estimate of drug-likeness (QED) is 0.348. The van der Waals surface area contributed by atoms with Crippen LogP contribution in [0.4, 0.5) is 15.8 Å². The van der Waals surface area contributed by atoms with E-state index in [-0.39, 0.29) is 35.1 Å². The summed E-state index contributed by atoms with van der Waals surface area (Å²) in [5.74, 6) is -0.694. The van der Waals surface area contributed by atoms with Gasteiger partial charge in [0.15, 0.2) is 5.75 Å². The first-order valence-corrected chi connectivity index (χ1v) is 8.44. The van der Waals surface area contributed by atoms with Crippen LogP contribution in [-0.2, 0) is 6.61 Å². The molecule has 150 valence electrons. The Labute approximate surface area is 166 Å². The third-order valence-corrected chi connectivity index (χ3v) is 4.18. The molecule has 0 bridgehead atoms. The number of hydrogen-bond donors (Lipinski definition) is 0. The van der Waals surface area contributed by atoms with E-state index in [1.165, 1.54) is 18.3 Å². The van der Waals surface area contributed by atoms with Crippen LogP contribution < -0.4 is 4.74 Å². The Balaban J connectivity index is 1.62. The van der Waals surface area contributed by atoms with E-state index >= 15 is 0 Å². The number of pyridine rings is 1. The van der Waals surface area contributed by atoms with Crippen molar-refractivity contribution < 1.29 is 19.0 Å². The average molecular weight is 410 g/mol. The van der Waals surface area contributed by atoms with Gasteiger partial charge in [-0.1, -0.05) is 11.3 Å². The van der Waals surface area contributed by atoms with Gasteiger partial charge < -0.3 is 4.74 Å². The van der Waals surface area contributed by atoms with Gasteiger partial charge in [-0.25, -0.2) is 9.07 Å². The molecule has 11 nitrogen and oxygen atoms in total. The summed E-state index contributed by atoms with van der Waals surface area (Å²) in [5.41, 5.74) is 0.0226. The van der Waals surface area contributed by atoms with Crippen LogP contribution in [0, 0.1) is 26.0 Å². The Hall–Kier alpha value is -4.48. The highest BCUT2D eigenvalue weighted by Crippen LogP contribution is 2.32. The number of aromatic nitrogens is 4. The summed E-state index contributed by atoms with van der Waals surface area (Å²) in [5, 5.41) is 30.7. The summed E-state index contributed by atoms with van der Waals surface area (Å²) in [7, 11) is 0. The minimum Gasteiger partial charge on any atom is -0.480 e. The lowest BCUT2D eigenvalue weighted by molar-refractivity contribution is -0.385. The second kappa shape index (κ2) is 7.50. The van der Waals surface area contributed by atoms with Gasteiger partial charge in [-0.3, -0.25) is 25.2 Å². The zero-order valence-corrected chi connectivity index (χ0v) is 15.0. The van der Waals surface area contributed by atoms with E-state index in [2.05, 4.69) is 15.3 Å². The maximum atomic E-state index is 13.5. The fourth-order valence-corrected chi connectivity index (χ4v) is 2.82. The minimum atomic E-state index is -0.678. The molecule has 0 aliphatic carbocycles. The Kier molecular flexibility index (Phi) is 4.72. The zero-order chi connectivity index (χ0) is 21.3. The maximum absolute atomic E-state index is 13.5. The fraction of sp³-hybridized carbons (Fsp3) is 0.0556. The molecule has 0 unspecified atom stereocenters. The van der Waals surface area contributed by atoms with Gasteiger partial charge in [0.05, 0.1) is 21.6 Å². The van der Waals surface area contributed by atoms with E-state index in [0.717, 1.165) is 22.9 Å². The summed E-state index contributed by atoms with van der Waals surface area (Å²) >= 11 is 0. The number of benzene rings is 2. The van der Waals surface area contributed by atoms with Crippen LogP contribution in [-0.4, -0.2) is 29.8 Å². The maximum Gasteiger partial charge on any atom is 0.311 e. The number of ether oxygens (including phenoxy) is 1. The Bertz CT molecular complexity index is 1290. The largest absolute Gasteiger partial charge is 0.480 e. The second-order valence-corrected chi connectivity index (χ2v) is 6.11. The van der Waals surface area contributed by atoms with Crippen molar-refractivity contribution in [3.63, 3.8) is 0 Å². The smallest absolute Gasteiger partial charge is 0.311 e. The summed E-state index contributed by atoms with van der Waals surface area (Å²) in [6.45, 7) is -0.206. The molecule has 2 aromatic carbocycles. The van der Waals surface area contributed by atoms with E-state index in [1.54, 1.807) is 18.3 Å². The molecule has 2 heterocycles. The minimum absolute atomic E-state index is 0.0162. The van der Waals surface area contributed by atoms with Gasteiger partial charge in [0, 0.05) is 35.8 Å². The van der Waals surface area contributed by atoms with Gasteiger partial charge in [-0.15, -0.1) is 5.10 Å². The molecule has 0 aliphatic heterocycles. The normalized spacial score (nSPS) is 10.8. The molecule has 0 radical (unpaired) electrons. The number of nitro benzene ring substituents is 2. The Morgan fingerprint density at radius 2 is 1.87 bits per heavy atom. The summed E-state index contributed by atoms with van der Waals surface area (Å²) in [4.78, 5) is 25.4. The second-order valence-electron chi connectivity index (χ2n) is 6.11. The van der Waals surface area contributed by atoms with Crippen LogP contribution in [0.5, 0.6) is 5.75 Å². The van der Waals surface area contributed by atoms with Crippen molar-refractivity contribution in [3.8, 4) is 11.4 Å². The molecule has 0 aliphatic rings. The topological polar surface area (TPSA) is 139 Å². The molecule has 4 aromatic rings. The lowest BCUT2D eigenvalue weighted by Gasteiger charge is -2.06. The van der Waals surface area contributed by atoms with Crippen molar-refractivity contribution in [2.75, 3.05) is 0 Å². The van der Waals surface area contributed by atoms with Crippen molar-refractivity contribution >= 4 is 22.3 Å². The van der Waals surface area contributed by atoms with Crippen LogP contribution in [0.2, 0.25) is 0 Å². The van der Waals surface area contributed by atoms with Gasteiger partial charge in [0.2, 0.25) is 0 Å². The molecule has 0 N–H and O–H groups in total.